The number of carbonyl (C=O) groups is 1. The van der Waals surface area contributed by atoms with E-state index in [9.17, 15) is 4.79 Å². The highest BCUT2D eigenvalue weighted by atomic mass is 16.1. The van der Waals surface area contributed by atoms with Crippen LogP contribution in [0.25, 0.3) is 10.8 Å². The molecule has 1 saturated carbocycles. The number of nitrogen functional groups attached to an aromatic ring is 1. The number of nitrogens with one attached hydrogen (secondary N) is 1. The van der Waals surface area contributed by atoms with Crippen molar-refractivity contribution in [2.75, 3.05) is 5.73 Å². The molecule has 0 radical (unpaired) electrons. The standard InChI is InChI=1S/C16H19N3O/c1-16(2,10-7-8-10)19-15(20)13-9-18-14(17)12-6-4-3-5-11(12)13/h3-6,9-10H,7-8H2,1-2H3,(H2,17,18)(H,19,20). The van der Waals surface area contributed by atoms with Crippen LogP contribution in [0.4, 0.5) is 5.82 Å². The Morgan fingerprint density at radius 3 is 2.60 bits per heavy atom. The summed E-state index contributed by atoms with van der Waals surface area (Å²) in [6, 6.07) is 7.60. The predicted octanol–water partition coefficient (Wildman–Crippen LogP) is 2.74. The molecule has 1 aliphatic rings. The summed E-state index contributed by atoms with van der Waals surface area (Å²) in [7, 11) is 0. The average Bonchev–Trinajstić information content (AvgIpc) is 3.23. The second kappa shape index (κ2) is 4.47. The molecule has 1 aliphatic carbocycles. The topological polar surface area (TPSA) is 68.0 Å². The first-order valence-corrected chi connectivity index (χ1v) is 6.95. The molecule has 0 spiro atoms. The summed E-state index contributed by atoms with van der Waals surface area (Å²) in [5, 5.41) is 4.80. The third-order valence-electron chi connectivity index (χ3n) is 4.10. The number of amides is 1. The van der Waals surface area contributed by atoms with E-state index in [1.807, 2.05) is 24.3 Å². The van der Waals surface area contributed by atoms with Crippen LogP contribution in [0.3, 0.4) is 0 Å². The first kappa shape index (κ1) is 12.9. The summed E-state index contributed by atoms with van der Waals surface area (Å²) in [6.45, 7) is 4.16. The van der Waals surface area contributed by atoms with Crippen LogP contribution in [-0.2, 0) is 0 Å². The van der Waals surface area contributed by atoms with Gasteiger partial charge in [0.05, 0.1) is 5.56 Å². The number of hydrogen-bond donors (Lipinski definition) is 2. The van der Waals surface area contributed by atoms with Crippen molar-refractivity contribution in [3.63, 3.8) is 0 Å². The Morgan fingerprint density at radius 2 is 1.95 bits per heavy atom. The second-order valence-corrected chi connectivity index (χ2v) is 6.05. The fourth-order valence-corrected chi connectivity index (χ4v) is 2.66. The molecule has 1 heterocycles. The van der Waals surface area contributed by atoms with Crippen LogP contribution in [0.15, 0.2) is 30.5 Å². The highest BCUT2D eigenvalue weighted by Crippen LogP contribution is 2.39. The molecule has 1 aromatic heterocycles. The van der Waals surface area contributed by atoms with Crippen molar-refractivity contribution in [3.8, 4) is 0 Å². The molecule has 0 bridgehead atoms. The predicted molar refractivity (Wildman–Crippen MR) is 80.4 cm³/mol. The van der Waals surface area contributed by atoms with Gasteiger partial charge in [0.25, 0.3) is 5.91 Å². The van der Waals surface area contributed by atoms with E-state index >= 15 is 0 Å². The van der Waals surface area contributed by atoms with Crippen LogP contribution in [0.2, 0.25) is 0 Å². The Balaban J connectivity index is 1.97. The van der Waals surface area contributed by atoms with Crippen molar-refractivity contribution in [2.45, 2.75) is 32.2 Å². The van der Waals surface area contributed by atoms with Gasteiger partial charge in [-0.15, -0.1) is 0 Å². The molecule has 1 fully saturated rings. The highest BCUT2D eigenvalue weighted by Gasteiger charge is 2.39. The summed E-state index contributed by atoms with van der Waals surface area (Å²) in [5.74, 6) is 0.962. The lowest BCUT2D eigenvalue weighted by atomic mass is 9.97. The molecule has 4 heteroatoms. The fourth-order valence-electron chi connectivity index (χ4n) is 2.66. The van der Waals surface area contributed by atoms with E-state index < -0.39 is 0 Å². The van der Waals surface area contributed by atoms with Gasteiger partial charge in [0, 0.05) is 17.1 Å². The van der Waals surface area contributed by atoms with Gasteiger partial charge in [-0.1, -0.05) is 24.3 Å². The van der Waals surface area contributed by atoms with Gasteiger partial charge < -0.3 is 11.1 Å². The largest absolute Gasteiger partial charge is 0.383 e. The van der Waals surface area contributed by atoms with E-state index in [1.165, 1.54) is 12.8 Å². The summed E-state index contributed by atoms with van der Waals surface area (Å²) >= 11 is 0. The van der Waals surface area contributed by atoms with Crippen molar-refractivity contribution in [3.05, 3.63) is 36.0 Å². The summed E-state index contributed by atoms with van der Waals surface area (Å²) in [4.78, 5) is 16.7. The zero-order valence-corrected chi connectivity index (χ0v) is 11.8. The number of pyridine rings is 1. The number of anilines is 1. The maximum absolute atomic E-state index is 12.5. The van der Waals surface area contributed by atoms with Crippen LogP contribution in [-0.4, -0.2) is 16.4 Å². The lowest BCUT2D eigenvalue weighted by molar-refractivity contribution is 0.0905. The van der Waals surface area contributed by atoms with Crippen molar-refractivity contribution in [1.82, 2.24) is 10.3 Å². The van der Waals surface area contributed by atoms with Gasteiger partial charge in [0.15, 0.2) is 0 Å². The average molecular weight is 269 g/mol. The molecule has 2 aromatic rings. The third kappa shape index (κ3) is 2.22. The Bertz CT molecular complexity index is 674. The van der Waals surface area contributed by atoms with Gasteiger partial charge in [0.2, 0.25) is 0 Å². The number of aromatic nitrogens is 1. The van der Waals surface area contributed by atoms with Gasteiger partial charge >= 0.3 is 0 Å². The molecule has 3 N–H and O–H groups in total. The Labute approximate surface area is 118 Å². The first-order valence-electron chi connectivity index (χ1n) is 6.95. The zero-order chi connectivity index (χ0) is 14.3. The maximum Gasteiger partial charge on any atom is 0.253 e. The van der Waals surface area contributed by atoms with E-state index in [-0.39, 0.29) is 11.4 Å². The number of fused-ring (bicyclic) bond motifs is 1. The molecule has 104 valence electrons. The van der Waals surface area contributed by atoms with Gasteiger partial charge in [-0.25, -0.2) is 4.98 Å². The van der Waals surface area contributed by atoms with Crippen molar-refractivity contribution >= 4 is 22.5 Å². The molecule has 0 saturated heterocycles. The maximum atomic E-state index is 12.5. The molecule has 1 aromatic carbocycles. The molecular weight excluding hydrogens is 250 g/mol. The lowest BCUT2D eigenvalue weighted by Crippen LogP contribution is -2.45. The summed E-state index contributed by atoms with van der Waals surface area (Å²) in [6.07, 6.45) is 3.94. The normalized spacial score (nSPS) is 15.3. The van der Waals surface area contributed by atoms with Crippen LogP contribution < -0.4 is 11.1 Å². The van der Waals surface area contributed by atoms with Gasteiger partial charge in [0.1, 0.15) is 5.82 Å². The van der Waals surface area contributed by atoms with E-state index in [1.54, 1.807) is 6.20 Å². The van der Waals surface area contributed by atoms with E-state index in [4.69, 9.17) is 5.73 Å². The minimum absolute atomic E-state index is 0.0781. The van der Waals surface area contributed by atoms with Gasteiger partial charge in [-0.2, -0.15) is 0 Å². The molecule has 0 unspecified atom stereocenters. The zero-order valence-electron chi connectivity index (χ0n) is 11.8. The summed E-state index contributed by atoms with van der Waals surface area (Å²) in [5.41, 5.74) is 6.29. The Hall–Kier alpha value is -2.10. The fraction of sp³-hybridized carbons (Fsp3) is 0.375. The van der Waals surface area contributed by atoms with Gasteiger partial charge in [-0.3, -0.25) is 4.79 Å². The molecule has 1 amide bonds. The number of benzene rings is 1. The molecule has 0 atom stereocenters. The molecular formula is C16H19N3O. The minimum Gasteiger partial charge on any atom is -0.383 e. The Morgan fingerprint density at radius 1 is 1.30 bits per heavy atom. The molecule has 4 nitrogen and oxygen atoms in total. The molecule has 0 aliphatic heterocycles. The van der Waals surface area contributed by atoms with Crippen LogP contribution >= 0.6 is 0 Å². The smallest absolute Gasteiger partial charge is 0.253 e. The highest BCUT2D eigenvalue weighted by molar-refractivity contribution is 6.09. The second-order valence-electron chi connectivity index (χ2n) is 6.05. The summed E-state index contributed by atoms with van der Waals surface area (Å²) < 4.78 is 0. The minimum atomic E-state index is -0.167. The SMILES string of the molecule is CC(C)(NC(=O)c1cnc(N)c2ccccc12)C1CC1. The van der Waals surface area contributed by atoms with E-state index in [2.05, 4.69) is 24.1 Å². The molecule has 3 rings (SSSR count). The van der Waals surface area contributed by atoms with E-state index in [0.717, 1.165) is 10.8 Å². The third-order valence-corrected chi connectivity index (χ3v) is 4.10. The monoisotopic (exact) mass is 269 g/mol. The molecule has 20 heavy (non-hydrogen) atoms. The Kier molecular flexibility index (Phi) is 2.89. The number of rotatable bonds is 3. The van der Waals surface area contributed by atoms with Crippen molar-refractivity contribution in [1.29, 1.82) is 0 Å². The van der Waals surface area contributed by atoms with Crippen molar-refractivity contribution in [2.24, 2.45) is 5.92 Å². The number of hydrogen-bond acceptors (Lipinski definition) is 3. The first-order chi connectivity index (χ1) is 9.49. The van der Waals surface area contributed by atoms with E-state index in [0.29, 0.717) is 17.3 Å². The lowest BCUT2D eigenvalue weighted by Gasteiger charge is -2.26. The van der Waals surface area contributed by atoms with Gasteiger partial charge in [-0.05, 0) is 38.0 Å². The quantitative estimate of drug-likeness (QED) is 0.900. The number of nitrogens with two attached hydrogens (primary N) is 1. The van der Waals surface area contributed by atoms with Crippen LogP contribution in [0.1, 0.15) is 37.0 Å². The number of nitrogens with zero attached hydrogens (tertiary/aromatic N) is 1. The van der Waals surface area contributed by atoms with Crippen LogP contribution in [0.5, 0.6) is 0 Å². The number of carbonyl (C=O) groups excluding carboxylic acids is 1. The van der Waals surface area contributed by atoms with Crippen LogP contribution in [0, 0.1) is 5.92 Å². The van der Waals surface area contributed by atoms with Crippen molar-refractivity contribution < 1.29 is 4.79 Å².